The molecule has 7 heteroatoms. The molecule has 1 saturated heterocycles. The van der Waals surface area contributed by atoms with Crippen LogP contribution < -0.4 is 0 Å². The molecule has 2 aromatic rings. The topological polar surface area (TPSA) is 71.6 Å². The number of nitrogens with one attached hydrogen (secondary N) is 1. The van der Waals surface area contributed by atoms with E-state index in [0.717, 1.165) is 15.1 Å². The van der Waals surface area contributed by atoms with Gasteiger partial charge < -0.3 is 19.4 Å². The van der Waals surface area contributed by atoms with Crippen molar-refractivity contribution >= 4 is 33.4 Å². The van der Waals surface area contributed by atoms with Crippen molar-refractivity contribution in [2.24, 2.45) is 0 Å². The van der Waals surface area contributed by atoms with E-state index in [-0.39, 0.29) is 18.2 Å². The highest BCUT2D eigenvalue weighted by Gasteiger charge is 2.29. The highest BCUT2D eigenvalue weighted by atomic mass is 32.1. The highest BCUT2D eigenvalue weighted by molar-refractivity contribution is 7.19. The van der Waals surface area contributed by atoms with Crippen LogP contribution in [0.3, 0.4) is 0 Å². The van der Waals surface area contributed by atoms with Crippen molar-refractivity contribution in [3.8, 4) is 0 Å². The second-order valence-corrected chi connectivity index (χ2v) is 6.36. The van der Waals surface area contributed by atoms with Crippen LogP contribution >= 0.6 is 11.3 Å². The number of carbonyl (C=O) groups excluding carboxylic acids is 2. The lowest BCUT2D eigenvalue weighted by atomic mass is 10.2. The maximum absolute atomic E-state index is 12.9. The van der Waals surface area contributed by atoms with Crippen LogP contribution in [0.4, 0.5) is 0 Å². The molecule has 3 heterocycles. The van der Waals surface area contributed by atoms with E-state index in [2.05, 4.69) is 4.98 Å². The fourth-order valence-corrected chi connectivity index (χ4v) is 3.60. The molecule has 6 nitrogen and oxygen atoms in total. The number of carbonyl (C=O) groups is 2. The normalized spacial score (nSPS) is 15.3. The first-order chi connectivity index (χ1) is 10.6. The molecule has 2 aromatic heterocycles. The number of morpholine rings is 1. The number of aromatic nitrogens is 1. The number of aryl methyl sites for hydroxylation is 1. The largest absolute Gasteiger partial charge is 0.461 e. The second-order valence-electron chi connectivity index (χ2n) is 5.10. The predicted molar refractivity (Wildman–Crippen MR) is 83.6 cm³/mol. The average molecular weight is 322 g/mol. The zero-order valence-electron chi connectivity index (χ0n) is 12.6. The predicted octanol–water partition coefficient (Wildman–Crippen LogP) is 2.19. The van der Waals surface area contributed by atoms with Gasteiger partial charge in [-0.3, -0.25) is 4.79 Å². The maximum atomic E-state index is 12.9. The third kappa shape index (κ3) is 2.62. The summed E-state index contributed by atoms with van der Waals surface area (Å²) in [5.41, 5.74) is 1.48. The maximum Gasteiger partial charge on any atom is 0.355 e. The van der Waals surface area contributed by atoms with E-state index >= 15 is 0 Å². The Balaban J connectivity index is 2.05. The minimum Gasteiger partial charge on any atom is -0.461 e. The van der Waals surface area contributed by atoms with Gasteiger partial charge in [-0.05, 0) is 19.9 Å². The number of nitrogens with zero attached hydrogens (tertiary/aromatic N) is 1. The van der Waals surface area contributed by atoms with Crippen molar-refractivity contribution in [2.45, 2.75) is 13.8 Å². The Hall–Kier alpha value is -1.86. The van der Waals surface area contributed by atoms with Crippen LogP contribution in [0.1, 0.15) is 32.6 Å². The summed E-state index contributed by atoms with van der Waals surface area (Å²) < 4.78 is 11.2. The Bertz CT molecular complexity index is 713. The van der Waals surface area contributed by atoms with E-state index in [1.54, 1.807) is 11.8 Å². The average Bonchev–Trinajstić information content (AvgIpc) is 3.03. The van der Waals surface area contributed by atoms with Crippen molar-refractivity contribution < 1.29 is 19.1 Å². The van der Waals surface area contributed by atoms with Crippen LogP contribution in [0.25, 0.3) is 10.2 Å². The lowest BCUT2D eigenvalue weighted by Crippen LogP contribution is -2.41. The number of H-pyrrole nitrogens is 1. The molecule has 1 N–H and O–H groups in total. The van der Waals surface area contributed by atoms with Crippen LogP contribution in [0.2, 0.25) is 0 Å². The quantitative estimate of drug-likeness (QED) is 0.879. The minimum atomic E-state index is -0.486. The third-order valence-corrected chi connectivity index (χ3v) is 4.65. The van der Waals surface area contributed by atoms with Gasteiger partial charge in [-0.15, -0.1) is 11.3 Å². The Morgan fingerprint density at radius 2 is 2.14 bits per heavy atom. The lowest BCUT2D eigenvalue weighted by molar-refractivity contribution is 0.0299. The van der Waals surface area contributed by atoms with Gasteiger partial charge in [0, 0.05) is 18.0 Å². The summed E-state index contributed by atoms with van der Waals surface area (Å²) in [5.74, 6) is -0.625. The second kappa shape index (κ2) is 6.10. The van der Waals surface area contributed by atoms with E-state index in [1.165, 1.54) is 11.3 Å². The fourth-order valence-electron chi connectivity index (χ4n) is 2.59. The molecule has 1 amide bonds. The van der Waals surface area contributed by atoms with Crippen LogP contribution in [0, 0.1) is 6.92 Å². The summed E-state index contributed by atoms with van der Waals surface area (Å²) in [4.78, 5) is 30.9. The Morgan fingerprint density at radius 3 is 2.82 bits per heavy atom. The summed E-state index contributed by atoms with van der Waals surface area (Å²) in [7, 11) is 0. The molecule has 0 aromatic carbocycles. The molecule has 0 unspecified atom stereocenters. The summed E-state index contributed by atoms with van der Waals surface area (Å²) in [5, 5.41) is 0. The van der Waals surface area contributed by atoms with Gasteiger partial charge in [0.1, 0.15) is 5.69 Å². The van der Waals surface area contributed by atoms with Gasteiger partial charge in [0.05, 0.1) is 35.6 Å². The smallest absolute Gasteiger partial charge is 0.355 e. The molecular weight excluding hydrogens is 304 g/mol. The van der Waals surface area contributed by atoms with Gasteiger partial charge in [-0.2, -0.15) is 0 Å². The van der Waals surface area contributed by atoms with Crippen LogP contribution in [-0.2, 0) is 9.47 Å². The van der Waals surface area contributed by atoms with E-state index < -0.39 is 5.97 Å². The molecule has 0 radical (unpaired) electrons. The van der Waals surface area contributed by atoms with Gasteiger partial charge >= 0.3 is 5.97 Å². The number of rotatable bonds is 3. The molecule has 1 aliphatic rings. The van der Waals surface area contributed by atoms with Gasteiger partial charge in [0.15, 0.2) is 0 Å². The Labute approximate surface area is 132 Å². The SMILES string of the molecule is CCOC(=O)c1[nH]c2cc(C)sc2c1C(=O)N1CCOCC1. The number of thiophene rings is 1. The molecule has 1 fully saturated rings. The summed E-state index contributed by atoms with van der Waals surface area (Å²) in [6, 6.07) is 1.94. The van der Waals surface area contributed by atoms with Crippen LogP contribution in [-0.4, -0.2) is 54.7 Å². The molecule has 0 saturated carbocycles. The monoisotopic (exact) mass is 322 g/mol. The van der Waals surface area contributed by atoms with Crippen molar-refractivity contribution in [3.05, 3.63) is 22.2 Å². The molecule has 0 bridgehead atoms. The van der Waals surface area contributed by atoms with E-state index in [9.17, 15) is 9.59 Å². The number of hydrogen-bond acceptors (Lipinski definition) is 5. The number of fused-ring (bicyclic) bond motifs is 1. The van der Waals surface area contributed by atoms with Gasteiger partial charge in [-0.1, -0.05) is 0 Å². The minimum absolute atomic E-state index is 0.139. The third-order valence-electron chi connectivity index (χ3n) is 3.58. The first-order valence-corrected chi connectivity index (χ1v) is 8.09. The standard InChI is InChI=1S/C15H18N2O4S/c1-3-21-15(19)12-11(13-10(16-12)8-9(2)22-13)14(18)17-4-6-20-7-5-17/h8,16H,3-7H2,1-2H3. The molecule has 0 atom stereocenters. The Kier molecular flexibility index (Phi) is 4.17. The van der Waals surface area contributed by atoms with E-state index in [0.29, 0.717) is 31.9 Å². The molecule has 22 heavy (non-hydrogen) atoms. The zero-order valence-corrected chi connectivity index (χ0v) is 13.4. The lowest BCUT2D eigenvalue weighted by Gasteiger charge is -2.26. The first-order valence-electron chi connectivity index (χ1n) is 7.28. The fraction of sp³-hybridized carbons (Fsp3) is 0.467. The van der Waals surface area contributed by atoms with E-state index in [1.807, 2.05) is 13.0 Å². The Morgan fingerprint density at radius 1 is 1.41 bits per heavy atom. The highest BCUT2D eigenvalue weighted by Crippen LogP contribution is 2.32. The van der Waals surface area contributed by atoms with Crippen molar-refractivity contribution in [1.29, 1.82) is 0 Å². The summed E-state index contributed by atoms with van der Waals surface area (Å²) in [6.45, 7) is 6.13. The number of hydrogen-bond donors (Lipinski definition) is 1. The van der Waals surface area contributed by atoms with Crippen molar-refractivity contribution in [2.75, 3.05) is 32.9 Å². The molecular formula is C15H18N2O4S. The van der Waals surface area contributed by atoms with Crippen LogP contribution in [0.5, 0.6) is 0 Å². The molecule has 118 valence electrons. The van der Waals surface area contributed by atoms with Crippen molar-refractivity contribution in [1.82, 2.24) is 9.88 Å². The van der Waals surface area contributed by atoms with Crippen molar-refractivity contribution in [3.63, 3.8) is 0 Å². The first kappa shape index (κ1) is 15.1. The molecule has 1 aliphatic heterocycles. The number of ether oxygens (including phenoxy) is 2. The summed E-state index contributed by atoms with van der Waals surface area (Å²) >= 11 is 1.51. The van der Waals surface area contributed by atoms with E-state index in [4.69, 9.17) is 9.47 Å². The van der Waals surface area contributed by atoms with Gasteiger partial charge in [0.25, 0.3) is 5.91 Å². The molecule has 3 rings (SSSR count). The summed E-state index contributed by atoms with van der Waals surface area (Å²) in [6.07, 6.45) is 0. The molecule has 0 spiro atoms. The van der Waals surface area contributed by atoms with Gasteiger partial charge in [-0.25, -0.2) is 4.79 Å². The zero-order chi connectivity index (χ0) is 15.7. The number of aromatic amines is 1. The van der Waals surface area contributed by atoms with Gasteiger partial charge in [0.2, 0.25) is 0 Å². The number of esters is 1. The molecule has 0 aliphatic carbocycles. The number of amides is 1. The van der Waals surface area contributed by atoms with Crippen LogP contribution in [0.15, 0.2) is 6.07 Å².